The fourth-order valence-electron chi connectivity index (χ4n) is 3.99. The fourth-order valence-corrected chi connectivity index (χ4v) is 4.35. The summed E-state index contributed by atoms with van der Waals surface area (Å²) in [6.07, 6.45) is 0. The first kappa shape index (κ1) is 21.9. The van der Waals surface area contributed by atoms with Crippen LogP contribution in [-0.2, 0) is 4.79 Å². The van der Waals surface area contributed by atoms with Crippen molar-refractivity contribution < 1.29 is 9.53 Å². The second-order valence-electron chi connectivity index (χ2n) is 7.79. The first-order valence-corrected chi connectivity index (χ1v) is 11.7. The molecule has 5 rings (SSSR count). The zero-order valence-corrected chi connectivity index (χ0v) is 20.1. The lowest BCUT2D eigenvalue weighted by molar-refractivity contribution is -0.112. The summed E-state index contributed by atoms with van der Waals surface area (Å²) in [5, 5.41) is 0. The summed E-state index contributed by atoms with van der Waals surface area (Å²) in [5.74, 6) is 0.605. The summed E-state index contributed by atoms with van der Waals surface area (Å²) in [6, 6.07) is 33.4. The molecule has 0 aromatic heterocycles. The number of carbonyl (C=O) groups excluding carboxylic acids is 1. The molecule has 6 heteroatoms. The van der Waals surface area contributed by atoms with E-state index in [4.69, 9.17) is 9.73 Å². The molecule has 1 aliphatic rings. The summed E-state index contributed by atoms with van der Waals surface area (Å²) in [5.41, 5.74) is 4.75. The number of amides is 1. The molecule has 0 N–H and O–H groups in total. The van der Waals surface area contributed by atoms with E-state index in [0.717, 1.165) is 32.8 Å². The summed E-state index contributed by atoms with van der Waals surface area (Å²) >= 11 is 3.55. The van der Waals surface area contributed by atoms with E-state index in [9.17, 15) is 4.79 Å². The van der Waals surface area contributed by atoms with Gasteiger partial charge in [-0.15, -0.1) is 0 Å². The van der Waals surface area contributed by atoms with Gasteiger partial charge in [-0.25, -0.2) is 4.99 Å². The highest BCUT2D eigenvalue weighted by molar-refractivity contribution is 9.10. The second kappa shape index (κ2) is 9.53. The number of hydrogen-bond donors (Lipinski definition) is 0. The van der Waals surface area contributed by atoms with E-state index in [1.807, 2.05) is 103 Å². The number of nitrogens with zero attached hydrogens (tertiary/aromatic N) is 3. The molecule has 0 bridgehead atoms. The summed E-state index contributed by atoms with van der Waals surface area (Å²) in [4.78, 5) is 22.4. The second-order valence-corrected chi connectivity index (χ2v) is 8.71. The summed E-state index contributed by atoms with van der Waals surface area (Å²) in [6.45, 7) is 0.350. The maximum absolute atomic E-state index is 13.7. The number of aliphatic imine (C=N–C) groups is 1. The van der Waals surface area contributed by atoms with Gasteiger partial charge in [0.25, 0.3) is 5.91 Å². The smallest absolute Gasteiger partial charge is 0.279 e. The highest BCUT2D eigenvalue weighted by Gasteiger charge is 2.35. The molecule has 0 radical (unpaired) electrons. The van der Waals surface area contributed by atoms with E-state index >= 15 is 0 Å². The van der Waals surface area contributed by atoms with Crippen LogP contribution in [0.15, 0.2) is 113 Å². The van der Waals surface area contributed by atoms with E-state index in [2.05, 4.69) is 20.8 Å². The number of fused-ring (bicyclic) bond motifs is 1. The van der Waals surface area contributed by atoms with Crippen molar-refractivity contribution in [1.29, 1.82) is 0 Å². The molecule has 0 unspecified atom stereocenters. The van der Waals surface area contributed by atoms with E-state index < -0.39 is 0 Å². The van der Waals surface area contributed by atoms with Crippen LogP contribution in [0.5, 0.6) is 5.75 Å². The lowest BCUT2D eigenvalue weighted by atomic mass is 10.1. The van der Waals surface area contributed by atoms with Crippen molar-refractivity contribution in [2.24, 2.45) is 4.99 Å². The van der Waals surface area contributed by atoms with Crippen molar-refractivity contribution in [3.63, 3.8) is 0 Å². The quantitative estimate of drug-likeness (QED) is 0.288. The number of carbonyl (C=O) groups is 1. The SMILES string of the molecule is COc1ccc(N=C2C(=O)N(CN(c3ccccc3)c3ccccc3)c3ccc(Br)cc32)cc1. The molecule has 0 spiro atoms. The Morgan fingerprint density at radius 3 is 2.06 bits per heavy atom. The van der Waals surface area contributed by atoms with Crippen molar-refractivity contribution in [2.45, 2.75) is 0 Å². The minimum Gasteiger partial charge on any atom is -0.497 e. The third-order valence-electron chi connectivity index (χ3n) is 5.68. The molecule has 1 aliphatic heterocycles. The number of methoxy groups -OCH3 is 1. The molecule has 0 fully saturated rings. The Hall–Kier alpha value is -3.90. The molecule has 4 aromatic carbocycles. The Kier molecular flexibility index (Phi) is 6.14. The van der Waals surface area contributed by atoms with Gasteiger partial charge in [-0.2, -0.15) is 0 Å². The first-order chi connectivity index (χ1) is 16.6. The van der Waals surface area contributed by atoms with Crippen LogP contribution in [0, 0.1) is 0 Å². The van der Waals surface area contributed by atoms with Gasteiger partial charge in [0, 0.05) is 21.4 Å². The number of para-hydroxylation sites is 2. The van der Waals surface area contributed by atoms with Gasteiger partial charge in [0.15, 0.2) is 0 Å². The van der Waals surface area contributed by atoms with Gasteiger partial charge in [-0.1, -0.05) is 52.3 Å². The van der Waals surface area contributed by atoms with Crippen molar-refractivity contribution in [2.75, 3.05) is 23.6 Å². The number of ether oxygens (including phenoxy) is 1. The molecule has 4 aromatic rings. The van der Waals surface area contributed by atoms with Crippen LogP contribution >= 0.6 is 15.9 Å². The summed E-state index contributed by atoms with van der Waals surface area (Å²) < 4.78 is 6.14. The van der Waals surface area contributed by atoms with Gasteiger partial charge < -0.3 is 9.64 Å². The lowest BCUT2D eigenvalue weighted by Gasteiger charge is -2.30. The average molecular weight is 512 g/mol. The lowest BCUT2D eigenvalue weighted by Crippen LogP contribution is -2.39. The van der Waals surface area contributed by atoms with Crippen molar-refractivity contribution in [3.8, 4) is 5.75 Å². The molecule has 1 heterocycles. The van der Waals surface area contributed by atoms with Crippen LogP contribution in [0.4, 0.5) is 22.7 Å². The van der Waals surface area contributed by atoms with Crippen LogP contribution in [0.1, 0.15) is 5.56 Å². The Morgan fingerprint density at radius 2 is 1.47 bits per heavy atom. The number of benzene rings is 4. The van der Waals surface area contributed by atoms with Gasteiger partial charge in [-0.3, -0.25) is 9.69 Å². The predicted molar refractivity (Wildman–Crippen MR) is 141 cm³/mol. The third kappa shape index (κ3) is 4.32. The number of anilines is 3. The molecule has 0 saturated heterocycles. The molecule has 1 amide bonds. The Morgan fingerprint density at radius 1 is 0.853 bits per heavy atom. The Balaban J connectivity index is 1.56. The Labute approximate surface area is 207 Å². The maximum atomic E-state index is 13.7. The predicted octanol–water partition coefficient (Wildman–Crippen LogP) is 6.72. The van der Waals surface area contributed by atoms with Gasteiger partial charge >= 0.3 is 0 Å². The number of hydrogen-bond acceptors (Lipinski definition) is 4. The van der Waals surface area contributed by atoms with Crippen LogP contribution in [0.25, 0.3) is 0 Å². The number of halogens is 1. The van der Waals surface area contributed by atoms with Crippen molar-refractivity contribution in [3.05, 3.63) is 113 Å². The van der Waals surface area contributed by atoms with Crippen molar-refractivity contribution >= 4 is 50.3 Å². The largest absolute Gasteiger partial charge is 0.497 e. The topological polar surface area (TPSA) is 45.1 Å². The van der Waals surface area contributed by atoms with Gasteiger partial charge in [0.05, 0.1) is 18.5 Å². The Bertz CT molecular complexity index is 1300. The highest BCUT2D eigenvalue weighted by atomic mass is 79.9. The van der Waals surface area contributed by atoms with E-state index in [1.165, 1.54) is 0 Å². The standard InChI is InChI=1S/C28H22BrN3O2/c1-34-24-15-13-21(14-16-24)30-27-25-18-20(29)12-17-26(25)32(28(27)33)19-31(22-8-4-2-5-9-22)23-10-6-3-7-11-23/h2-18H,19H2,1H3. The van der Waals surface area contributed by atoms with E-state index in [0.29, 0.717) is 18.1 Å². The normalized spacial score (nSPS) is 13.8. The average Bonchev–Trinajstić information content (AvgIpc) is 3.13. The zero-order valence-electron chi connectivity index (χ0n) is 18.6. The third-order valence-corrected chi connectivity index (χ3v) is 6.18. The fraction of sp³-hybridized carbons (Fsp3) is 0.0714. The molecule has 5 nitrogen and oxygen atoms in total. The van der Waals surface area contributed by atoms with Crippen LogP contribution < -0.4 is 14.5 Å². The minimum absolute atomic E-state index is 0.138. The number of rotatable bonds is 6. The molecule has 0 aliphatic carbocycles. The molecule has 168 valence electrons. The monoisotopic (exact) mass is 511 g/mol. The van der Waals surface area contributed by atoms with E-state index in [1.54, 1.807) is 12.0 Å². The molecular weight excluding hydrogens is 490 g/mol. The highest BCUT2D eigenvalue weighted by Crippen LogP contribution is 2.35. The van der Waals surface area contributed by atoms with Crippen LogP contribution in [-0.4, -0.2) is 25.4 Å². The van der Waals surface area contributed by atoms with Crippen LogP contribution in [0.2, 0.25) is 0 Å². The molecule has 0 atom stereocenters. The molecule has 0 saturated carbocycles. The first-order valence-electron chi connectivity index (χ1n) is 10.9. The maximum Gasteiger partial charge on any atom is 0.279 e. The van der Waals surface area contributed by atoms with E-state index in [-0.39, 0.29) is 5.91 Å². The van der Waals surface area contributed by atoms with Gasteiger partial charge in [0.2, 0.25) is 0 Å². The zero-order chi connectivity index (χ0) is 23.5. The molecular formula is C28H22BrN3O2. The minimum atomic E-state index is -0.138. The summed E-state index contributed by atoms with van der Waals surface area (Å²) in [7, 11) is 1.62. The van der Waals surface area contributed by atoms with Gasteiger partial charge in [-0.05, 0) is 66.7 Å². The molecule has 34 heavy (non-hydrogen) atoms. The van der Waals surface area contributed by atoms with Crippen LogP contribution in [0.3, 0.4) is 0 Å². The van der Waals surface area contributed by atoms with Gasteiger partial charge in [0.1, 0.15) is 18.1 Å². The van der Waals surface area contributed by atoms with Crippen molar-refractivity contribution in [1.82, 2.24) is 0 Å².